The monoisotopic (exact) mass is 321 g/mol. The highest BCUT2D eigenvalue weighted by atomic mass is 35.5. The van der Waals surface area contributed by atoms with Crippen LogP contribution in [-0.4, -0.2) is 17.1 Å². The Morgan fingerprint density at radius 1 is 1.33 bits per heavy atom. The predicted octanol–water partition coefficient (Wildman–Crippen LogP) is 4.41. The minimum Gasteiger partial charge on any atom is -0.481 e. The highest BCUT2D eigenvalue weighted by molar-refractivity contribution is 6.33. The normalized spacial score (nSPS) is 22.9. The molecule has 2 N–H and O–H groups in total. The molecule has 21 heavy (non-hydrogen) atoms. The molecule has 1 fully saturated rings. The first-order valence-corrected chi connectivity index (χ1v) is 7.01. The lowest BCUT2D eigenvalue weighted by Gasteiger charge is -2.28. The summed E-state index contributed by atoms with van der Waals surface area (Å²) in [5.41, 5.74) is -0.581. The third kappa shape index (κ3) is 4.03. The molecule has 2 unspecified atom stereocenters. The second kappa shape index (κ2) is 6.13. The van der Waals surface area contributed by atoms with Gasteiger partial charge in [-0.15, -0.1) is 0 Å². The van der Waals surface area contributed by atoms with Crippen LogP contribution in [0.1, 0.15) is 31.2 Å². The number of halogens is 4. The van der Waals surface area contributed by atoms with Gasteiger partial charge in [0.25, 0.3) is 0 Å². The van der Waals surface area contributed by atoms with Gasteiger partial charge in [0, 0.05) is 6.04 Å². The van der Waals surface area contributed by atoms with E-state index >= 15 is 0 Å². The molecule has 0 aromatic heterocycles. The molecule has 116 valence electrons. The number of carboxylic acid groups (broad SMARTS) is 1. The summed E-state index contributed by atoms with van der Waals surface area (Å²) in [5.74, 6) is -1.32. The van der Waals surface area contributed by atoms with E-state index in [2.05, 4.69) is 5.32 Å². The van der Waals surface area contributed by atoms with Gasteiger partial charge in [-0.05, 0) is 37.5 Å². The summed E-state index contributed by atoms with van der Waals surface area (Å²) in [6.45, 7) is 0. The molecule has 1 saturated carbocycles. The van der Waals surface area contributed by atoms with Crippen LogP contribution in [0.5, 0.6) is 0 Å². The van der Waals surface area contributed by atoms with Gasteiger partial charge in [-0.25, -0.2) is 0 Å². The number of rotatable bonds is 3. The van der Waals surface area contributed by atoms with Gasteiger partial charge < -0.3 is 10.4 Å². The number of hydrogen-bond donors (Lipinski definition) is 2. The Morgan fingerprint density at radius 2 is 2.05 bits per heavy atom. The van der Waals surface area contributed by atoms with E-state index in [4.69, 9.17) is 16.7 Å². The number of hydrogen-bond acceptors (Lipinski definition) is 2. The van der Waals surface area contributed by atoms with Crippen LogP contribution in [0.3, 0.4) is 0 Å². The van der Waals surface area contributed by atoms with Crippen molar-refractivity contribution in [2.45, 2.75) is 37.9 Å². The van der Waals surface area contributed by atoms with E-state index < -0.39 is 23.6 Å². The lowest BCUT2D eigenvalue weighted by molar-refractivity contribution is -0.143. The van der Waals surface area contributed by atoms with Crippen LogP contribution >= 0.6 is 11.6 Å². The van der Waals surface area contributed by atoms with Crippen molar-refractivity contribution in [1.82, 2.24) is 0 Å². The predicted molar refractivity (Wildman–Crippen MR) is 73.5 cm³/mol. The average Bonchev–Trinajstić information content (AvgIpc) is 2.40. The summed E-state index contributed by atoms with van der Waals surface area (Å²) in [7, 11) is 0. The Labute approximate surface area is 125 Å². The summed E-state index contributed by atoms with van der Waals surface area (Å²) in [5, 5.41) is 12.2. The lowest BCUT2D eigenvalue weighted by Crippen LogP contribution is -2.31. The summed E-state index contributed by atoms with van der Waals surface area (Å²) in [6.07, 6.45) is -2.00. The highest BCUT2D eigenvalue weighted by Crippen LogP contribution is 2.35. The van der Waals surface area contributed by atoms with Crippen LogP contribution in [0.25, 0.3) is 0 Å². The molecule has 0 heterocycles. The van der Waals surface area contributed by atoms with E-state index in [1.807, 2.05) is 0 Å². The molecule has 2 atom stereocenters. The maximum atomic E-state index is 12.7. The SMILES string of the molecule is O=C(O)C1CCCC(Nc2cc(C(F)(F)F)ccc2Cl)C1. The van der Waals surface area contributed by atoms with Crippen molar-refractivity contribution < 1.29 is 23.1 Å². The van der Waals surface area contributed by atoms with Crippen LogP contribution in [0.4, 0.5) is 18.9 Å². The number of aliphatic carboxylic acids is 1. The van der Waals surface area contributed by atoms with E-state index in [1.54, 1.807) is 0 Å². The number of carbonyl (C=O) groups is 1. The fraction of sp³-hybridized carbons (Fsp3) is 0.500. The molecule has 1 aliphatic rings. The van der Waals surface area contributed by atoms with Crippen molar-refractivity contribution in [3.05, 3.63) is 28.8 Å². The average molecular weight is 322 g/mol. The Bertz CT molecular complexity index is 533. The fourth-order valence-corrected chi connectivity index (χ4v) is 2.75. The van der Waals surface area contributed by atoms with E-state index in [0.29, 0.717) is 12.8 Å². The number of benzene rings is 1. The van der Waals surface area contributed by atoms with Crippen molar-refractivity contribution in [3.8, 4) is 0 Å². The van der Waals surface area contributed by atoms with E-state index in [1.165, 1.54) is 6.07 Å². The van der Waals surface area contributed by atoms with E-state index in [9.17, 15) is 18.0 Å². The van der Waals surface area contributed by atoms with Gasteiger partial charge >= 0.3 is 12.1 Å². The van der Waals surface area contributed by atoms with Crippen LogP contribution in [0, 0.1) is 5.92 Å². The number of anilines is 1. The molecule has 3 nitrogen and oxygen atoms in total. The van der Waals surface area contributed by atoms with Crippen molar-refractivity contribution in [2.75, 3.05) is 5.32 Å². The molecule has 1 aromatic rings. The smallest absolute Gasteiger partial charge is 0.416 e. The topological polar surface area (TPSA) is 49.3 Å². The zero-order chi connectivity index (χ0) is 15.6. The minimum absolute atomic E-state index is 0.180. The Balaban J connectivity index is 2.13. The molecular formula is C14H15ClF3NO2. The minimum atomic E-state index is -4.43. The van der Waals surface area contributed by atoms with Crippen LogP contribution < -0.4 is 5.32 Å². The first kappa shape index (κ1) is 15.9. The van der Waals surface area contributed by atoms with Crippen molar-refractivity contribution in [3.63, 3.8) is 0 Å². The molecule has 1 aromatic carbocycles. The quantitative estimate of drug-likeness (QED) is 0.866. The number of alkyl halides is 3. The van der Waals surface area contributed by atoms with Gasteiger partial charge in [-0.3, -0.25) is 4.79 Å². The van der Waals surface area contributed by atoms with Gasteiger partial charge in [0.15, 0.2) is 0 Å². The molecule has 1 aliphatic carbocycles. The fourth-order valence-electron chi connectivity index (χ4n) is 2.58. The lowest BCUT2D eigenvalue weighted by atomic mass is 9.85. The van der Waals surface area contributed by atoms with E-state index in [-0.39, 0.29) is 16.8 Å². The maximum absolute atomic E-state index is 12.7. The van der Waals surface area contributed by atoms with Crippen molar-refractivity contribution in [1.29, 1.82) is 0 Å². The molecule has 7 heteroatoms. The molecule has 0 bridgehead atoms. The van der Waals surface area contributed by atoms with E-state index in [0.717, 1.165) is 25.0 Å². The molecular weight excluding hydrogens is 307 g/mol. The van der Waals surface area contributed by atoms with Gasteiger partial charge in [0.05, 0.1) is 22.2 Å². The second-order valence-corrected chi connectivity index (χ2v) is 5.64. The Morgan fingerprint density at radius 3 is 2.67 bits per heavy atom. The van der Waals surface area contributed by atoms with Gasteiger partial charge in [0.2, 0.25) is 0 Å². The molecule has 0 aliphatic heterocycles. The molecule has 0 radical (unpaired) electrons. The van der Waals surface area contributed by atoms with Crippen molar-refractivity contribution in [2.24, 2.45) is 5.92 Å². The molecule has 0 spiro atoms. The van der Waals surface area contributed by atoms with Gasteiger partial charge in [0.1, 0.15) is 0 Å². The molecule has 0 amide bonds. The first-order chi connectivity index (χ1) is 9.77. The summed E-state index contributed by atoms with van der Waals surface area (Å²) in [4.78, 5) is 11.0. The Kier molecular flexibility index (Phi) is 4.66. The number of nitrogens with one attached hydrogen (secondary N) is 1. The maximum Gasteiger partial charge on any atom is 0.416 e. The summed E-state index contributed by atoms with van der Waals surface area (Å²) in [6, 6.07) is 2.91. The molecule has 0 saturated heterocycles. The van der Waals surface area contributed by atoms with Crippen LogP contribution in [0.2, 0.25) is 5.02 Å². The zero-order valence-electron chi connectivity index (χ0n) is 11.1. The number of carboxylic acids is 1. The highest BCUT2D eigenvalue weighted by Gasteiger charge is 2.32. The third-order valence-corrected chi connectivity index (χ3v) is 4.01. The van der Waals surface area contributed by atoms with Crippen molar-refractivity contribution >= 4 is 23.3 Å². The summed E-state index contributed by atoms with van der Waals surface area (Å²) < 4.78 is 38.1. The zero-order valence-corrected chi connectivity index (χ0v) is 11.8. The standard InChI is InChI=1S/C14H15ClF3NO2/c15-11-5-4-9(14(16,17)18)7-12(11)19-10-3-1-2-8(6-10)13(20)21/h4-5,7-8,10,19H,1-3,6H2,(H,20,21). The third-order valence-electron chi connectivity index (χ3n) is 3.68. The molecule has 2 rings (SSSR count). The largest absolute Gasteiger partial charge is 0.481 e. The second-order valence-electron chi connectivity index (χ2n) is 5.24. The first-order valence-electron chi connectivity index (χ1n) is 6.63. The van der Waals surface area contributed by atoms with Crippen LogP contribution in [0.15, 0.2) is 18.2 Å². The summed E-state index contributed by atoms with van der Waals surface area (Å²) >= 11 is 5.92. The van der Waals surface area contributed by atoms with Crippen LogP contribution in [-0.2, 0) is 11.0 Å². The Hall–Kier alpha value is -1.43. The van der Waals surface area contributed by atoms with Gasteiger partial charge in [-0.2, -0.15) is 13.2 Å². The van der Waals surface area contributed by atoms with Gasteiger partial charge in [-0.1, -0.05) is 18.0 Å².